The molecule has 2 aromatic heterocycles. The highest BCUT2D eigenvalue weighted by Crippen LogP contribution is 2.33. The summed E-state index contributed by atoms with van der Waals surface area (Å²) in [5.41, 5.74) is 2.39. The third kappa shape index (κ3) is 5.65. The van der Waals surface area contributed by atoms with E-state index >= 15 is 0 Å². The maximum atomic E-state index is 11.2. The quantitative estimate of drug-likeness (QED) is 0.383. The van der Waals surface area contributed by atoms with Crippen LogP contribution in [0, 0.1) is 6.92 Å². The molecule has 2 N–H and O–H groups in total. The highest BCUT2D eigenvalue weighted by molar-refractivity contribution is 7.16. The van der Waals surface area contributed by atoms with Crippen molar-refractivity contribution in [2.75, 3.05) is 22.6 Å². The lowest BCUT2D eigenvalue weighted by Crippen LogP contribution is -2.33. The zero-order valence-electron chi connectivity index (χ0n) is 18.0. The van der Waals surface area contributed by atoms with Crippen molar-refractivity contribution < 1.29 is 9.53 Å². The average Bonchev–Trinajstić information content (AvgIpc) is 3.18. The van der Waals surface area contributed by atoms with Crippen molar-refractivity contribution in [2.45, 2.75) is 39.8 Å². The number of hydrogen-bond acceptors (Lipinski definition) is 7. The molecule has 1 aromatic carbocycles. The molecule has 0 aliphatic carbocycles. The smallest absolute Gasteiger partial charge is 0.229 e. The molecule has 3 rings (SSSR count). The molecule has 3 aromatic rings. The van der Waals surface area contributed by atoms with Gasteiger partial charge in [0.2, 0.25) is 12.4 Å². The van der Waals surface area contributed by atoms with Gasteiger partial charge < -0.3 is 20.3 Å². The first kappa shape index (κ1) is 22.8. The predicted octanol–water partition coefficient (Wildman–Crippen LogP) is 5.63. The molecular formula is C22H26ClN5O2S. The molecular weight excluding hydrogens is 434 g/mol. The van der Waals surface area contributed by atoms with Gasteiger partial charge in [0, 0.05) is 10.9 Å². The van der Waals surface area contributed by atoms with Crippen LogP contribution in [0.15, 0.2) is 36.5 Å². The van der Waals surface area contributed by atoms with Crippen molar-refractivity contribution in [3.63, 3.8) is 0 Å². The Labute approximate surface area is 191 Å². The van der Waals surface area contributed by atoms with Gasteiger partial charge in [-0.1, -0.05) is 24.6 Å². The summed E-state index contributed by atoms with van der Waals surface area (Å²) in [5.74, 6) is 1.74. The van der Waals surface area contributed by atoms with Crippen molar-refractivity contribution in [1.82, 2.24) is 9.97 Å². The molecule has 0 fully saturated rings. The highest BCUT2D eigenvalue weighted by Gasteiger charge is 2.21. The summed E-state index contributed by atoms with van der Waals surface area (Å²) in [6.07, 6.45) is 3.14. The second kappa shape index (κ2) is 10.5. The zero-order chi connectivity index (χ0) is 22.4. The van der Waals surface area contributed by atoms with Gasteiger partial charge >= 0.3 is 0 Å². The van der Waals surface area contributed by atoms with E-state index in [2.05, 4.69) is 34.4 Å². The highest BCUT2D eigenvalue weighted by atomic mass is 35.5. The second-order valence-electron chi connectivity index (χ2n) is 7.11. The molecule has 0 radical (unpaired) electrons. The molecule has 1 amide bonds. The number of halogens is 1. The van der Waals surface area contributed by atoms with Crippen molar-refractivity contribution in [2.24, 2.45) is 0 Å². The normalized spacial score (nSPS) is 11.6. The van der Waals surface area contributed by atoms with Crippen LogP contribution in [0.1, 0.15) is 30.7 Å². The van der Waals surface area contributed by atoms with Crippen molar-refractivity contribution in [3.05, 3.63) is 51.3 Å². The molecule has 2 heterocycles. The van der Waals surface area contributed by atoms with Gasteiger partial charge in [0.05, 0.1) is 29.9 Å². The number of benzene rings is 1. The molecule has 9 heteroatoms. The number of nitrogens with one attached hydrogen (secondary N) is 2. The molecule has 31 heavy (non-hydrogen) atoms. The first-order valence-electron chi connectivity index (χ1n) is 9.94. The molecule has 0 aliphatic heterocycles. The summed E-state index contributed by atoms with van der Waals surface area (Å²) >= 11 is 7.66. The van der Waals surface area contributed by atoms with Crippen LogP contribution in [0.3, 0.4) is 0 Å². The molecule has 0 aliphatic rings. The monoisotopic (exact) mass is 459 g/mol. The Bertz CT molecular complexity index is 1040. The standard InChI is InChI=1S/C22H26ClN5O2S/c1-5-15(3)28(12-16-7-9-20(23)31-16)21-18(25-13-29)11-24-22(27-21)26-17-8-6-14(2)10-19(17)30-4/h6-11,13,15H,5,12H2,1-4H3,(H,25,29)(H,24,26,27). The fourth-order valence-electron chi connectivity index (χ4n) is 3.10. The summed E-state index contributed by atoms with van der Waals surface area (Å²) in [6.45, 7) is 6.85. The lowest BCUT2D eigenvalue weighted by molar-refractivity contribution is -0.105. The summed E-state index contributed by atoms with van der Waals surface area (Å²) in [6, 6.07) is 9.92. The summed E-state index contributed by atoms with van der Waals surface area (Å²) in [7, 11) is 1.63. The Morgan fingerprint density at radius 2 is 2.10 bits per heavy atom. The van der Waals surface area contributed by atoms with Crippen molar-refractivity contribution in [1.29, 1.82) is 0 Å². The lowest BCUT2D eigenvalue weighted by Gasteiger charge is -2.31. The van der Waals surface area contributed by atoms with Crippen LogP contribution in [0.5, 0.6) is 5.75 Å². The number of thiophene rings is 1. The summed E-state index contributed by atoms with van der Waals surface area (Å²) in [4.78, 5) is 23.6. The molecule has 164 valence electrons. The molecule has 0 saturated heterocycles. The van der Waals surface area contributed by atoms with E-state index in [0.29, 0.717) is 36.2 Å². The second-order valence-corrected chi connectivity index (χ2v) is 8.91. The minimum Gasteiger partial charge on any atom is -0.495 e. The molecule has 1 atom stereocenters. The largest absolute Gasteiger partial charge is 0.495 e. The molecule has 7 nitrogen and oxygen atoms in total. The number of methoxy groups -OCH3 is 1. The number of hydrogen-bond donors (Lipinski definition) is 2. The Morgan fingerprint density at radius 3 is 2.74 bits per heavy atom. The third-order valence-corrected chi connectivity index (χ3v) is 6.15. The molecule has 1 unspecified atom stereocenters. The number of aryl methyl sites for hydroxylation is 1. The van der Waals surface area contributed by atoms with Gasteiger partial charge in [0.25, 0.3) is 0 Å². The van der Waals surface area contributed by atoms with Gasteiger partial charge in [-0.2, -0.15) is 4.98 Å². The number of amides is 1. The number of ether oxygens (including phenoxy) is 1. The summed E-state index contributed by atoms with van der Waals surface area (Å²) < 4.78 is 6.21. The van der Waals surface area contributed by atoms with Gasteiger partial charge in [0.15, 0.2) is 5.82 Å². The Kier molecular flexibility index (Phi) is 7.70. The van der Waals surface area contributed by atoms with Gasteiger partial charge in [-0.3, -0.25) is 4.79 Å². The fourth-order valence-corrected chi connectivity index (χ4v) is 4.19. The maximum Gasteiger partial charge on any atom is 0.229 e. The number of anilines is 4. The van der Waals surface area contributed by atoms with Crippen LogP contribution in [-0.4, -0.2) is 29.5 Å². The first-order valence-corrected chi connectivity index (χ1v) is 11.1. The van der Waals surface area contributed by atoms with E-state index in [4.69, 9.17) is 21.3 Å². The number of carbonyl (C=O) groups excluding carboxylic acids is 1. The third-order valence-electron chi connectivity index (χ3n) is 4.94. The molecule has 0 spiro atoms. The summed E-state index contributed by atoms with van der Waals surface area (Å²) in [5, 5.41) is 5.96. The van der Waals surface area contributed by atoms with Crippen LogP contribution >= 0.6 is 22.9 Å². The van der Waals surface area contributed by atoms with Gasteiger partial charge in [0.1, 0.15) is 11.4 Å². The van der Waals surface area contributed by atoms with E-state index in [1.807, 2.05) is 37.3 Å². The fraction of sp³-hybridized carbons (Fsp3) is 0.318. The lowest BCUT2D eigenvalue weighted by atomic mass is 10.2. The van der Waals surface area contributed by atoms with Crippen LogP contribution in [0.2, 0.25) is 4.34 Å². The van der Waals surface area contributed by atoms with E-state index < -0.39 is 0 Å². The average molecular weight is 460 g/mol. The number of rotatable bonds is 10. The minimum atomic E-state index is 0.171. The van der Waals surface area contributed by atoms with Gasteiger partial charge in [-0.25, -0.2) is 4.98 Å². The van der Waals surface area contributed by atoms with E-state index in [-0.39, 0.29) is 6.04 Å². The van der Waals surface area contributed by atoms with E-state index in [1.165, 1.54) is 11.3 Å². The predicted molar refractivity (Wildman–Crippen MR) is 128 cm³/mol. The zero-order valence-corrected chi connectivity index (χ0v) is 19.5. The van der Waals surface area contributed by atoms with Crippen molar-refractivity contribution in [3.8, 4) is 5.75 Å². The van der Waals surface area contributed by atoms with E-state index in [9.17, 15) is 4.79 Å². The number of aromatic nitrogens is 2. The van der Waals surface area contributed by atoms with Crippen LogP contribution < -0.4 is 20.3 Å². The SMILES string of the molecule is CCC(C)N(Cc1ccc(Cl)s1)c1nc(Nc2ccc(C)cc2OC)ncc1NC=O. The van der Waals surface area contributed by atoms with E-state index in [1.54, 1.807) is 13.3 Å². The first-order chi connectivity index (χ1) is 14.9. The topological polar surface area (TPSA) is 79.4 Å². The van der Waals surface area contributed by atoms with Crippen LogP contribution in [0.4, 0.5) is 23.1 Å². The number of carbonyl (C=O) groups is 1. The maximum absolute atomic E-state index is 11.2. The Balaban J connectivity index is 2.00. The minimum absolute atomic E-state index is 0.171. The van der Waals surface area contributed by atoms with Crippen LogP contribution in [-0.2, 0) is 11.3 Å². The molecule has 0 saturated carbocycles. The Morgan fingerprint density at radius 1 is 1.29 bits per heavy atom. The molecule has 0 bridgehead atoms. The van der Waals surface area contributed by atoms with Crippen LogP contribution in [0.25, 0.3) is 0 Å². The van der Waals surface area contributed by atoms with E-state index in [0.717, 1.165) is 26.9 Å². The van der Waals surface area contributed by atoms with Crippen molar-refractivity contribution >= 4 is 52.5 Å². The number of nitrogens with zero attached hydrogens (tertiary/aromatic N) is 3. The van der Waals surface area contributed by atoms with Gasteiger partial charge in [-0.15, -0.1) is 11.3 Å². The van der Waals surface area contributed by atoms with Gasteiger partial charge in [-0.05, 0) is 50.1 Å². The Hall–Kier alpha value is -2.84.